The zero-order valence-corrected chi connectivity index (χ0v) is 10.3. The van der Waals surface area contributed by atoms with Gasteiger partial charge in [0.1, 0.15) is 11.6 Å². The van der Waals surface area contributed by atoms with Crippen molar-refractivity contribution in [3.63, 3.8) is 0 Å². The van der Waals surface area contributed by atoms with Gasteiger partial charge in [-0.05, 0) is 39.2 Å². The number of hydrogen-bond acceptors (Lipinski definition) is 4. The molecule has 1 saturated heterocycles. The maximum Gasteiger partial charge on any atom is 0.147 e. The van der Waals surface area contributed by atoms with Crippen LogP contribution in [0.25, 0.3) is 0 Å². The first-order valence-corrected chi connectivity index (χ1v) is 6.55. The van der Waals surface area contributed by atoms with Gasteiger partial charge in [-0.3, -0.25) is 4.90 Å². The van der Waals surface area contributed by atoms with Crippen LogP contribution in [0, 0.1) is 6.92 Å². The predicted octanol–water partition coefficient (Wildman–Crippen LogP) is 0.878. The third-order valence-electron chi connectivity index (χ3n) is 3.69. The summed E-state index contributed by atoms with van der Waals surface area (Å²) in [6.45, 7) is 4.69. The molecule has 94 valence electrons. The highest BCUT2D eigenvalue weighted by molar-refractivity contribution is 5.01. The van der Waals surface area contributed by atoms with Gasteiger partial charge in [-0.25, -0.2) is 0 Å². The molecule has 17 heavy (non-hydrogen) atoms. The van der Waals surface area contributed by atoms with E-state index in [9.17, 15) is 5.11 Å². The average Bonchev–Trinajstić information content (AvgIpc) is 3.05. The van der Waals surface area contributed by atoms with Crippen molar-refractivity contribution >= 4 is 0 Å². The van der Waals surface area contributed by atoms with Crippen LogP contribution >= 0.6 is 0 Å². The number of aliphatic hydroxyl groups excluding tert-OH is 1. The maximum atomic E-state index is 9.67. The van der Waals surface area contributed by atoms with E-state index in [-0.39, 0.29) is 6.10 Å². The summed E-state index contributed by atoms with van der Waals surface area (Å²) in [6, 6.07) is 0.634. The molecular formula is C12H20N4O. The van der Waals surface area contributed by atoms with E-state index >= 15 is 0 Å². The third kappa shape index (κ3) is 2.35. The summed E-state index contributed by atoms with van der Waals surface area (Å²) < 4.78 is 2.28. The zero-order valence-electron chi connectivity index (χ0n) is 10.3. The average molecular weight is 236 g/mol. The van der Waals surface area contributed by atoms with E-state index in [2.05, 4.69) is 19.7 Å². The number of β-amino-alcohol motifs (C(OH)–C–C–N with tert-alkyl or cyclic N) is 1. The Kier molecular flexibility index (Phi) is 2.88. The minimum atomic E-state index is -0.165. The van der Waals surface area contributed by atoms with Gasteiger partial charge in [-0.1, -0.05) is 0 Å². The number of aromatic nitrogens is 3. The van der Waals surface area contributed by atoms with Crippen molar-refractivity contribution in [1.29, 1.82) is 0 Å². The van der Waals surface area contributed by atoms with Crippen LogP contribution in [0.1, 0.15) is 43.4 Å². The standard InChI is InChI=1S/C12H20N4O/c1-9-13-14-12(16(9)10-4-5-10)8-15-6-2-3-11(17)7-15/h10-11,17H,2-8H2,1H3. The van der Waals surface area contributed by atoms with Crippen LogP contribution in [0.5, 0.6) is 0 Å². The Morgan fingerprint density at radius 3 is 2.82 bits per heavy atom. The molecule has 1 atom stereocenters. The molecule has 1 aliphatic heterocycles. The predicted molar refractivity (Wildman–Crippen MR) is 63.5 cm³/mol. The molecule has 1 saturated carbocycles. The first-order valence-electron chi connectivity index (χ1n) is 6.55. The van der Waals surface area contributed by atoms with Crippen LogP contribution in [0.3, 0.4) is 0 Å². The summed E-state index contributed by atoms with van der Waals surface area (Å²) in [5.74, 6) is 2.10. The van der Waals surface area contributed by atoms with Gasteiger partial charge in [-0.15, -0.1) is 10.2 Å². The van der Waals surface area contributed by atoms with Crippen molar-refractivity contribution in [3.05, 3.63) is 11.6 Å². The smallest absolute Gasteiger partial charge is 0.147 e. The van der Waals surface area contributed by atoms with E-state index in [1.807, 2.05) is 6.92 Å². The summed E-state index contributed by atoms with van der Waals surface area (Å²) in [4.78, 5) is 2.29. The highest BCUT2D eigenvalue weighted by atomic mass is 16.3. The molecule has 2 fully saturated rings. The highest BCUT2D eigenvalue weighted by Gasteiger charge is 2.29. The summed E-state index contributed by atoms with van der Waals surface area (Å²) in [5, 5.41) is 18.1. The van der Waals surface area contributed by atoms with Gasteiger partial charge in [-0.2, -0.15) is 0 Å². The Morgan fingerprint density at radius 1 is 1.29 bits per heavy atom. The van der Waals surface area contributed by atoms with Gasteiger partial charge in [0.25, 0.3) is 0 Å². The monoisotopic (exact) mass is 236 g/mol. The SMILES string of the molecule is Cc1nnc(CN2CCCC(O)C2)n1C1CC1. The van der Waals surface area contributed by atoms with Crippen LogP contribution in [0.15, 0.2) is 0 Å². The second-order valence-electron chi connectivity index (χ2n) is 5.30. The molecule has 1 aliphatic carbocycles. The Morgan fingerprint density at radius 2 is 2.12 bits per heavy atom. The molecule has 0 bridgehead atoms. The van der Waals surface area contributed by atoms with Gasteiger partial charge < -0.3 is 9.67 Å². The first-order chi connectivity index (χ1) is 8.24. The second kappa shape index (κ2) is 4.38. The lowest BCUT2D eigenvalue weighted by atomic mass is 10.1. The van der Waals surface area contributed by atoms with Gasteiger partial charge >= 0.3 is 0 Å². The topological polar surface area (TPSA) is 54.2 Å². The molecule has 0 aromatic carbocycles. The van der Waals surface area contributed by atoms with Crippen LogP contribution in [-0.4, -0.2) is 44.0 Å². The van der Waals surface area contributed by atoms with Crippen molar-refractivity contribution in [2.45, 2.75) is 51.3 Å². The van der Waals surface area contributed by atoms with Crippen LogP contribution in [0.4, 0.5) is 0 Å². The fourth-order valence-corrected chi connectivity index (χ4v) is 2.70. The molecule has 1 unspecified atom stereocenters. The minimum absolute atomic E-state index is 0.165. The van der Waals surface area contributed by atoms with Crippen LogP contribution in [0.2, 0.25) is 0 Å². The number of nitrogens with zero attached hydrogens (tertiary/aromatic N) is 4. The summed E-state index contributed by atoms with van der Waals surface area (Å²) in [5.41, 5.74) is 0. The summed E-state index contributed by atoms with van der Waals surface area (Å²) >= 11 is 0. The van der Waals surface area contributed by atoms with E-state index < -0.39 is 0 Å². The first kappa shape index (κ1) is 11.2. The van der Waals surface area contributed by atoms with Gasteiger partial charge in [0.2, 0.25) is 0 Å². The Hall–Kier alpha value is -0.940. The van der Waals surface area contributed by atoms with Crippen molar-refractivity contribution in [2.24, 2.45) is 0 Å². The van der Waals surface area contributed by atoms with Crippen molar-refractivity contribution in [2.75, 3.05) is 13.1 Å². The van der Waals surface area contributed by atoms with Crippen molar-refractivity contribution in [3.8, 4) is 0 Å². The van der Waals surface area contributed by atoms with E-state index in [4.69, 9.17) is 0 Å². The molecule has 5 nitrogen and oxygen atoms in total. The summed E-state index contributed by atoms with van der Waals surface area (Å²) in [6.07, 6.45) is 4.37. The molecule has 1 N–H and O–H groups in total. The maximum absolute atomic E-state index is 9.67. The molecule has 3 rings (SSSR count). The lowest BCUT2D eigenvalue weighted by Crippen LogP contribution is -2.38. The van der Waals surface area contributed by atoms with Gasteiger partial charge in [0.05, 0.1) is 12.6 Å². The minimum Gasteiger partial charge on any atom is -0.392 e. The number of likely N-dealkylation sites (tertiary alicyclic amines) is 1. The molecule has 5 heteroatoms. The Labute approximate surface area is 101 Å². The number of aryl methyl sites for hydroxylation is 1. The van der Waals surface area contributed by atoms with Gasteiger partial charge in [0.15, 0.2) is 0 Å². The number of hydrogen-bond donors (Lipinski definition) is 1. The highest BCUT2D eigenvalue weighted by Crippen LogP contribution is 2.36. The fraction of sp³-hybridized carbons (Fsp3) is 0.833. The van der Waals surface area contributed by atoms with E-state index in [0.717, 1.165) is 44.1 Å². The van der Waals surface area contributed by atoms with Crippen LogP contribution < -0.4 is 0 Å². The molecule has 1 aromatic heterocycles. The lowest BCUT2D eigenvalue weighted by Gasteiger charge is -2.29. The van der Waals surface area contributed by atoms with E-state index in [0.29, 0.717) is 6.04 Å². The zero-order chi connectivity index (χ0) is 11.8. The Balaban J connectivity index is 1.71. The van der Waals surface area contributed by atoms with Crippen LogP contribution in [-0.2, 0) is 6.54 Å². The van der Waals surface area contributed by atoms with Gasteiger partial charge in [0, 0.05) is 12.6 Å². The second-order valence-corrected chi connectivity index (χ2v) is 5.30. The van der Waals surface area contributed by atoms with E-state index in [1.54, 1.807) is 0 Å². The molecular weight excluding hydrogens is 216 g/mol. The number of rotatable bonds is 3. The molecule has 1 aromatic rings. The number of piperidine rings is 1. The molecule has 2 aliphatic rings. The molecule has 2 heterocycles. The third-order valence-corrected chi connectivity index (χ3v) is 3.69. The van der Waals surface area contributed by atoms with Crippen molar-refractivity contribution < 1.29 is 5.11 Å². The molecule has 0 spiro atoms. The molecule has 0 amide bonds. The largest absolute Gasteiger partial charge is 0.392 e. The van der Waals surface area contributed by atoms with Crippen molar-refractivity contribution in [1.82, 2.24) is 19.7 Å². The Bertz CT molecular complexity index is 399. The normalized spacial score (nSPS) is 26.4. The fourth-order valence-electron chi connectivity index (χ4n) is 2.70. The summed E-state index contributed by atoms with van der Waals surface area (Å²) in [7, 11) is 0. The molecule has 0 radical (unpaired) electrons. The van der Waals surface area contributed by atoms with E-state index in [1.165, 1.54) is 12.8 Å². The number of aliphatic hydroxyl groups is 1. The quantitative estimate of drug-likeness (QED) is 0.846. The lowest BCUT2D eigenvalue weighted by molar-refractivity contribution is 0.0648.